The van der Waals surface area contributed by atoms with Crippen LogP contribution in [0.3, 0.4) is 0 Å². The molecule has 27 heavy (non-hydrogen) atoms. The minimum Gasteiger partial charge on any atom is -0.393 e. The highest BCUT2D eigenvalue weighted by Gasteiger charge is 2.22. The van der Waals surface area contributed by atoms with E-state index in [4.69, 9.17) is 0 Å². The summed E-state index contributed by atoms with van der Waals surface area (Å²) >= 11 is 0. The van der Waals surface area contributed by atoms with Gasteiger partial charge in [0.2, 0.25) is 0 Å². The Kier molecular flexibility index (Phi) is 5.13. The summed E-state index contributed by atoms with van der Waals surface area (Å²) in [5.74, 6) is -0.271. The summed E-state index contributed by atoms with van der Waals surface area (Å²) in [4.78, 5) is 6.86. The van der Waals surface area contributed by atoms with Crippen LogP contribution < -0.4 is 0 Å². The first kappa shape index (κ1) is 18.0. The highest BCUT2D eigenvalue weighted by molar-refractivity contribution is 5.79. The van der Waals surface area contributed by atoms with E-state index in [0.29, 0.717) is 18.0 Å². The van der Waals surface area contributed by atoms with Crippen molar-refractivity contribution in [2.45, 2.75) is 44.9 Å². The number of aliphatic hydroxyl groups excluding tert-OH is 1. The molecule has 1 aromatic carbocycles. The number of para-hydroxylation sites is 1. The average molecular weight is 369 g/mol. The Morgan fingerprint density at radius 2 is 2.00 bits per heavy atom. The number of aliphatic hydroxyl groups is 1. The Balaban J connectivity index is 1.37. The second-order valence-electron chi connectivity index (χ2n) is 7.36. The van der Waals surface area contributed by atoms with Crippen LogP contribution in [0.1, 0.15) is 37.2 Å². The Labute approximate surface area is 157 Å². The Morgan fingerprint density at radius 1 is 1.19 bits per heavy atom. The number of hydrogen-bond donors (Lipinski definition) is 1. The molecule has 7 heteroatoms. The van der Waals surface area contributed by atoms with Gasteiger partial charge < -0.3 is 5.11 Å². The van der Waals surface area contributed by atoms with Gasteiger partial charge in [0.1, 0.15) is 11.3 Å². The molecule has 3 aromatic rings. The van der Waals surface area contributed by atoms with E-state index in [1.165, 1.54) is 6.07 Å². The van der Waals surface area contributed by atoms with Gasteiger partial charge >= 0.3 is 0 Å². The van der Waals surface area contributed by atoms with Crippen LogP contribution in [-0.2, 0) is 13.0 Å². The fourth-order valence-electron chi connectivity index (χ4n) is 3.70. The van der Waals surface area contributed by atoms with Crippen LogP contribution in [0.15, 0.2) is 36.5 Å². The maximum absolute atomic E-state index is 14.0. The molecule has 0 spiro atoms. The van der Waals surface area contributed by atoms with Gasteiger partial charge in [-0.2, -0.15) is 0 Å². The van der Waals surface area contributed by atoms with E-state index < -0.39 is 6.10 Å². The zero-order valence-corrected chi connectivity index (χ0v) is 15.4. The fraction of sp³-hybridized carbons (Fsp3) is 0.450. The number of halogens is 1. The largest absolute Gasteiger partial charge is 0.393 e. The van der Waals surface area contributed by atoms with Crippen molar-refractivity contribution in [1.29, 1.82) is 0 Å². The monoisotopic (exact) mass is 369 g/mol. The quantitative estimate of drug-likeness (QED) is 0.749. The molecule has 1 aliphatic heterocycles. The second-order valence-corrected chi connectivity index (χ2v) is 7.36. The first-order chi connectivity index (χ1) is 13.1. The standard InChI is InChI=1S/C20H24FN5O/c1-14(27)11-17-13-26(24-23-17)18-7-9-25(10-8-18)12-16-6-5-15-3-2-4-19(21)20(15)22-16/h2-6,13-14,18,27H,7-12H2,1H3. The lowest BCUT2D eigenvalue weighted by Gasteiger charge is -2.31. The van der Waals surface area contributed by atoms with Gasteiger partial charge in [0.15, 0.2) is 0 Å². The fourth-order valence-corrected chi connectivity index (χ4v) is 3.70. The van der Waals surface area contributed by atoms with E-state index in [1.807, 2.05) is 29.1 Å². The normalized spacial score (nSPS) is 17.4. The maximum Gasteiger partial charge on any atom is 0.149 e. The Bertz CT molecular complexity index is 918. The molecule has 1 N–H and O–H groups in total. The minimum atomic E-state index is -0.406. The number of pyridine rings is 1. The van der Waals surface area contributed by atoms with Gasteiger partial charge in [-0.05, 0) is 31.9 Å². The van der Waals surface area contributed by atoms with Crippen molar-refractivity contribution >= 4 is 10.9 Å². The highest BCUT2D eigenvalue weighted by Crippen LogP contribution is 2.23. The predicted octanol–water partition coefficient (Wildman–Crippen LogP) is 2.73. The molecule has 1 fully saturated rings. The lowest BCUT2D eigenvalue weighted by molar-refractivity contribution is 0.170. The van der Waals surface area contributed by atoms with Gasteiger partial charge in [0.25, 0.3) is 0 Å². The molecule has 2 aromatic heterocycles. The lowest BCUT2D eigenvalue weighted by Crippen LogP contribution is -2.34. The first-order valence-electron chi connectivity index (χ1n) is 9.44. The Morgan fingerprint density at radius 3 is 2.78 bits per heavy atom. The second kappa shape index (κ2) is 7.70. The zero-order valence-electron chi connectivity index (χ0n) is 15.4. The number of fused-ring (bicyclic) bond motifs is 1. The molecule has 0 amide bonds. The SMILES string of the molecule is CC(O)Cc1cn(C2CCN(Cc3ccc4cccc(F)c4n3)CC2)nn1. The zero-order chi connectivity index (χ0) is 18.8. The van der Waals surface area contributed by atoms with Crippen molar-refractivity contribution in [3.63, 3.8) is 0 Å². The summed E-state index contributed by atoms with van der Waals surface area (Å²) < 4.78 is 15.9. The number of aromatic nitrogens is 4. The number of hydrogen-bond acceptors (Lipinski definition) is 5. The highest BCUT2D eigenvalue weighted by atomic mass is 19.1. The smallest absolute Gasteiger partial charge is 0.149 e. The van der Waals surface area contributed by atoms with Gasteiger partial charge in [-0.1, -0.05) is 23.4 Å². The molecule has 1 atom stereocenters. The van der Waals surface area contributed by atoms with Crippen LogP contribution in [-0.4, -0.2) is 49.2 Å². The predicted molar refractivity (Wildman–Crippen MR) is 101 cm³/mol. The van der Waals surface area contributed by atoms with E-state index in [0.717, 1.165) is 49.2 Å². The van der Waals surface area contributed by atoms with E-state index >= 15 is 0 Å². The summed E-state index contributed by atoms with van der Waals surface area (Å²) in [6, 6.07) is 9.29. The topological polar surface area (TPSA) is 67.1 Å². The average Bonchev–Trinajstić information content (AvgIpc) is 3.11. The van der Waals surface area contributed by atoms with Crippen LogP contribution in [0.4, 0.5) is 4.39 Å². The van der Waals surface area contributed by atoms with Crippen LogP contribution >= 0.6 is 0 Å². The maximum atomic E-state index is 14.0. The van der Waals surface area contributed by atoms with Crippen molar-refractivity contribution in [2.75, 3.05) is 13.1 Å². The van der Waals surface area contributed by atoms with E-state index in [-0.39, 0.29) is 5.82 Å². The van der Waals surface area contributed by atoms with Gasteiger partial charge in [-0.25, -0.2) is 14.1 Å². The van der Waals surface area contributed by atoms with Gasteiger partial charge in [0, 0.05) is 37.6 Å². The summed E-state index contributed by atoms with van der Waals surface area (Å²) in [5, 5.41) is 18.7. The Hall–Kier alpha value is -2.38. The summed E-state index contributed by atoms with van der Waals surface area (Å²) in [6.45, 7) is 4.35. The molecule has 4 rings (SSSR count). The van der Waals surface area contributed by atoms with E-state index in [1.54, 1.807) is 13.0 Å². The molecular weight excluding hydrogens is 345 g/mol. The van der Waals surface area contributed by atoms with E-state index in [2.05, 4.69) is 20.2 Å². The van der Waals surface area contributed by atoms with Crippen molar-refractivity contribution in [1.82, 2.24) is 24.9 Å². The summed E-state index contributed by atoms with van der Waals surface area (Å²) in [5.41, 5.74) is 2.17. The van der Waals surface area contributed by atoms with Gasteiger partial charge in [-0.3, -0.25) is 4.90 Å². The molecule has 6 nitrogen and oxygen atoms in total. The molecule has 1 unspecified atom stereocenters. The van der Waals surface area contributed by atoms with Crippen LogP contribution in [0.25, 0.3) is 10.9 Å². The number of rotatable bonds is 5. The van der Waals surface area contributed by atoms with Crippen LogP contribution in [0.2, 0.25) is 0 Å². The van der Waals surface area contributed by atoms with Crippen molar-refractivity contribution in [3.8, 4) is 0 Å². The first-order valence-corrected chi connectivity index (χ1v) is 9.44. The molecule has 0 aliphatic carbocycles. The third-order valence-electron chi connectivity index (χ3n) is 5.11. The molecule has 0 radical (unpaired) electrons. The molecule has 142 valence electrons. The molecule has 0 saturated carbocycles. The number of benzene rings is 1. The molecular formula is C20H24FN5O. The van der Waals surface area contributed by atoms with Crippen molar-refractivity contribution in [3.05, 3.63) is 53.7 Å². The molecule has 1 saturated heterocycles. The van der Waals surface area contributed by atoms with Gasteiger partial charge in [0.05, 0.1) is 23.5 Å². The van der Waals surface area contributed by atoms with Crippen molar-refractivity contribution < 1.29 is 9.50 Å². The number of piperidine rings is 1. The minimum absolute atomic E-state index is 0.271. The van der Waals surface area contributed by atoms with Gasteiger partial charge in [-0.15, -0.1) is 5.10 Å². The number of nitrogens with zero attached hydrogens (tertiary/aromatic N) is 5. The summed E-state index contributed by atoms with van der Waals surface area (Å²) in [7, 11) is 0. The van der Waals surface area contributed by atoms with E-state index in [9.17, 15) is 9.50 Å². The molecule has 0 bridgehead atoms. The van der Waals surface area contributed by atoms with Crippen LogP contribution in [0.5, 0.6) is 0 Å². The van der Waals surface area contributed by atoms with Crippen molar-refractivity contribution in [2.24, 2.45) is 0 Å². The molecule has 3 heterocycles. The lowest BCUT2D eigenvalue weighted by atomic mass is 10.0. The number of likely N-dealkylation sites (tertiary alicyclic amines) is 1. The third-order valence-corrected chi connectivity index (χ3v) is 5.11. The summed E-state index contributed by atoms with van der Waals surface area (Å²) in [6.07, 6.45) is 4.04. The molecule has 1 aliphatic rings. The third kappa shape index (κ3) is 4.14. The van der Waals surface area contributed by atoms with Crippen LogP contribution in [0, 0.1) is 5.82 Å².